The number of nitrogens with one attached hydrogen (secondary N) is 2. The monoisotopic (exact) mass is 502 g/mol. The lowest BCUT2D eigenvalue weighted by Crippen LogP contribution is -2.39. The number of piperidine rings is 1. The van der Waals surface area contributed by atoms with Crippen molar-refractivity contribution in [2.24, 2.45) is 11.7 Å². The van der Waals surface area contributed by atoms with Gasteiger partial charge in [-0.05, 0) is 76.2 Å². The van der Waals surface area contributed by atoms with Crippen LogP contribution in [0.25, 0.3) is 11.2 Å². The summed E-state index contributed by atoms with van der Waals surface area (Å²) in [7, 11) is 0. The first-order valence-electron chi connectivity index (χ1n) is 14.4. The summed E-state index contributed by atoms with van der Waals surface area (Å²) in [6.45, 7) is 4.20. The van der Waals surface area contributed by atoms with E-state index in [1.807, 2.05) is 6.33 Å². The van der Waals surface area contributed by atoms with E-state index in [-0.39, 0.29) is 0 Å². The molecule has 3 aliphatic rings. The summed E-state index contributed by atoms with van der Waals surface area (Å²) in [6, 6.07) is 10.2. The van der Waals surface area contributed by atoms with E-state index in [9.17, 15) is 0 Å². The fourth-order valence-corrected chi connectivity index (χ4v) is 6.53. The molecule has 3 aromatic rings. The summed E-state index contributed by atoms with van der Waals surface area (Å²) >= 11 is 0. The van der Waals surface area contributed by atoms with Crippen LogP contribution in [0.2, 0.25) is 0 Å². The number of nitrogens with zero attached hydrogens (tertiary/aromatic N) is 5. The van der Waals surface area contributed by atoms with E-state index in [1.165, 1.54) is 49.7 Å². The predicted molar refractivity (Wildman–Crippen MR) is 149 cm³/mol. The molecule has 1 saturated heterocycles. The third kappa shape index (κ3) is 5.75. The van der Waals surface area contributed by atoms with Crippen molar-refractivity contribution in [2.45, 2.75) is 95.7 Å². The van der Waals surface area contributed by atoms with Crippen molar-refractivity contribution in [3.8, 4) is 0 Å². The van der Waals surface area contributed by atoms with Crippen LogP contribution in [0.1, 0.15) is 81.4 Å². The minimum Gasteiger partial charge on any atom is -0.351 e. The second-order valence-electron chi connectivity index (χ2n) is 11.6. The Morgan fingerprint density at radius 3 is 2.51 bits per heavy atom. The van der Waals surface area contributed by atoms with Gasteiger partial charge in [0.1, 0.15) is 0 Å². The van der Waals surface area contributed by atoms with Gasteiger partial charge >= 0.3 is 0 Å². The summed E-state index contributed by atoms with van der Waals surface area (Å²) in [5, 5.41) is 5.97. The predicted octanol–water partition coefficient (Wildman–Crippen LogP) is 5.21. The highest BCUT2D eigenvalue weighted by Crippen LogP contribution is 2.34. The van der Waals surface area contributed by atoms with Crippen LogP contribution in [0.15, 0.2) is 30.6 Å². The van der Waals surface area contributed by atoms with E-state index in [0.717, 1.165) is 68.1 Å². The van der Waals surface area contributed by atoms with Crippen molar-refractivity contribution in [1.29, 1.82) is 0 Å². The van der Waals surface area contributed by atoms with Gasteiger partial charge in [-0.1, -0.05) is 42.7 Å². The lowest BCUT2D eigenvalue weighted by Gasteiger charge is -2.32. The fourth-order valence-electron chi connectivity index (χ4n) is 6.53. The molecule has 37 heavy (non-hydrogen) atoms. The van der Waals surface area contributed by atoms with Crippen molar-refractivity contribution in [2.75, 3.05) is 23.8 Å². The first-order valence-corrected chi connectivity index (χ1v) is 14.4. The van der Waals surface area contributed by atoms with E-state index in [2.05, 4.69) is 51.5 Å². The van der Waals surface area contributed by atoms with Crippen LogP contribution in [-0.2, 0) is 6.42 Å². The molecule has 0 amide bonds. The number of nitrogens with two attached hydrogens (primary N) is 1. The third-order valence-electron chi connectivity index (χ3n) is 8.73. The normalized spacial score (nSPS) is 24.1. The number of anilines is 2. The Labute approximate surface area is 220 Å². The molecule has 2 aromatic heterocycles. The fraction of sp³-hybridized carbons (Fsp3) is 0.621. The topological polar surface area (TPSA) is 96.9 Å². The Bertz CT molecular complexity index is 1180. The second-order valence-corrected chi connectivity index (χ2v) is 11.6. The van der Waals surface area contributed by atoms with Gasteiger partial charge in [0.05, 0.1) is 6.33 Å². The summed E-state index contributed by atoms with van der Waals surface area (Å²) in [6.07, 6.45) is 14.7. The Balaban J connectivity index is 1.18. The van der Waals surface area contributed by atoms with Gasteiger partial charge < -0.3 is 21.0 Å². The van der Waals surface area contributed by atoms with E-state index < -0.39 is 0 Å². The SMILES string of the molecule is Cc1cccc(CC2CCN(Nc3nc(NC4CCC(N)CC4)nc4c3ncn4C3CCCC3)CC2)c1. The lowest BCUT2D eigenvalue weighted by atomic mass is 9.90. The summed E-state index contributed by atoms with van der Waals surface area (Å²) in [4.78, 5) is 14.8. The van der Waals surface area contributed by atoms with Crippen molar-refractivity contribution in [3.63, 3.8) is 0 Å². The minimum atomic E-state index is 0.330. The van der Waals surface area contributed by atoms with Gasteiger partial charge in [-0.3, -0.25) is 0 Å². The van der Waals surface area contributed by atoms with Gasteiger partial charge in [0, 0.05) is 31.2 Å². The first-order chi connectivity index (χ1) is 18.1. The van der Waals surface area contributed by atoms with Crippen LogP contribution in [0.3, 0.4) is 0 Å². The molecule has 0 unspecified atom stereocenters. The van der Waals surface area contributed by atoms with Crippen molar-refractivity contribution >= 4 is 22.9 Å². The molecule has 0 radical (unpaired) electrons. The zero-order chi connectivity index (χ0) is 25.2. The average molecular weight is 503 g/mol. The maximum atomic E-state index is 6.14. The molecule has 3 heterocycles. The Hall–Kier alpha value is -2.71. The molecule has 0 spiro atoms. The summed E-state index contributed by atoms with van der Waals surface area (Å²) < 4.78 is 2.30. The molecule has 0 atom stereocenters. The Morgan fingerprint density at radius 1 is 0.973 bits per heavy atom. The molecule has 2 saturated carbocycles. The van der Waals surface area contributed by atoms with Gasteiger partial charge in [0.15, 0.2) is 17.0 Å². The average Bonchev–Trinajstić information content (AvgIpc) is 3.57. The third-order valence-corrected chi connectivity index (χ3v) is 8.73. The Kier molecular flexibility index (Phi) is 7.29. The highest BCUT2D eigenvalue weighted by atomic mass is 15.5. The molecule has 8 nitrogen and oxygen atoms in total. The molecule has 3 fully saturated rings. The number of hydrazine groups is 1. The summed E-state index contributed by atoms with van der Waals surface area (Å²) in [5.41, 5.74) is 14.4. The smallest absolute Gasteiger partial charge is 0.227 e. The van der Waals surface area contributed by atoms with Crippen molar-refractivity contribution < 1.29 is 0 Å². The number of aryl methyl sites for hydroxylation is 1. The van der Waals surface area contributed by atoms with Crippen LogP contribution >= 0.6 is 0 Å². The van der Waals surface area contributed by atoms with E-state index >= 15 is 0 Å². The summed E-state index contributed by atoms with van der Waals surface area (Å²) in [5.74, 6) is 2.26. The van der Waals surface area contributed by atoms with Crippen molar-refractivity contribution in [1.82, 2.24) is 24.5 Å². The zero-order valence-corrected chi connectivity index (χ0v) is 22.2. The highest BCUT2D eigenvalue weighted by molar-refractivity contribution is 5.84. The number of imidazole rings is 1. The molecule has 4 N–H and O–H groups in total. The highest BCUT2D eigenvalue weighted by Gasteiger charge is 2.26. The van der Waals surface area contributed by atoms with Crippen LogP contribution in [0, 0.1) is 12.8 Å². The minimum absolute atomic E-state index is 0.330. The molecule has 1 aliphatic heterocycles. The number of fused-ring (bicyclic) bond motifs is 1. The van der Waals surface area contributed by atoms with Gasteiger partial charge in [-0.15, -0.1) is 0 Å². The molecule has 1 aromatic carbocycles. The number of rotatable bonds is 7. The number of aromatic nitrogens is 4. The largest absolute Gasteiger partial charge is 0.351 e. The second kappa shape index (κ2) is 11.0. The molecule has 2 aliphatic carbocycles. The molecule has 198 valence electrons. The molecular formula is C29H42N8. The van der Waals surface area contributed by atoms with Gasteiger partial charge in [-0.2, -0.15) is 9.97 Å². The maximum Gasteiger partial charge on any atom is 0.227 e. The maximum absolute atomic E-state index is 6.14. The van der Waals surface area contributed by atoms with Crippen LogP contribution < -0.4 is 16.5 Å². The van der Waals surface area contributed by atoms with Crippen molar-refractivity contribution in [3.05, 3.63) is 41.7 Å². The Morgan fingerprint density at radius 2 is 1.76 bits per heavy atom. The number of benzene rings is 1. The lowest BCUT2D eigenvalue weighted by molar-refractivity contribution is 0.216. The van der Waals surface area contributed by atoms with E-state index in [0.29, 0.717) is 24.1 Å². The van der Waals surface area contributed by atoms with E-state index in [4.69, 9.17) is 20.7 Å². The van der Waals surface area contributed by atoms with Crippen LogP contribution in [-0.4, -0.2) is 49.7 Å². The quantitative estimate of drug-likeness (QED) is 0.408. The van der Waals surface area contributed by atoms with Gasteiger partial charge in [0.2, 0.25) is 5.95 Å². The van der Waals surface area contributed by atoms with Crippen LogP contribution in [0.4, 0.5) is 11.8 Å². The van der Waals surface area contributed by atoms with Gasteiger partial charge in [-0.25, -0.2) is 9.99 Å². The molecule has 0 bridgehead atoms. The van der Waals surface area contributed by atoms with Crippen LogP contribution in [0.5, 0.6) is 0 Å². The molecule has 6 rings (SSSR count). The van der Waals surface area contributed by atoms with E-state index in [1.54, 1.807) is 0 Å². The molecule has 8 heteroatoms. The zero-order valence-electron chi connectivity index (χ0n) is 22.2. The first kappa shape index (κ1) is 24.6. The van der Waals surface area contributed by atoms with Gasteiger partial charge in [0.25, 0.3) is 0 Å². The standard InChI is InChI=1S/C29H42N8/c1-20-5-4-6-22(17-20)18-21-13-15-36(16-14-21)35-27-26-28(37(19-31-26)25-7-2-3-8-25)34-29(33-27)32-24-11-9-23(30)10-12-24/h4-6,17,19,21,23-25H,2-3,7-16,18,30H2,1H3,(H2,32,33,34,35). The molecular weight excluding hydrogens is 460 g/mol. The number of hydrogen-bond acceptors (Lipinski definition) is 7. The number of hydrogen-bond donors (Lipinski definition) is 3.